The zero-order valence-electron chi connectivity index (χ0n) is 13.6. The SMILES string of the molecule is CCN(CC)C(=O)c1ccc(CN2CCC[C@@H](C)C2)cc1. The number of rotatable bonds is 5. The quantitative estimate of drug-likeness (QED) is 0.829. The Bertz CT molecular complexity index is 451. The molecule has 1 fully saturated rings. The molecule has 1 saturated heterocycles. The van der Waals surface area contributed by atoms with Crippen molar-refractivity contribution >= 4 is 5.91 Å². The smallest absolute Gasteiger partial charge is 0.253 e. The summed E-state index contributed by atoms with van der Waals surface area (Å²) in [7, 11) is 0. The molecule has 1 heterocycles. The van der Waals surface area contributed by atoms with E-state index in [-0.39, 0.29) is 5.91 Å². The molecule has 0 aliphatic carbocycles. The summed E-state index contributed by atoms with van der Waals surface area (Å²) in [5.74, 6) is 0.945. The maximum atomic E-state index is 12.3. The Morgan fingerprint density at radius 2 is 1.90 bits per heavy atom. The van der Waals surface area contributed by atoms with E-state index in [1.54, 1.807) is 0 Å². The van der Waals surface area contributed by atoms with Gasteiger partial charge in [-0.25, -0.2) is 0 Å². The fourth-order valence-corrected chi connectivity index (χ4v) is 3.13. The van der Waals surface area contributed by atoms with Gasteiger partial charge >= 0.3 is 0 Å². The van der Waals surface area contributed by atoms with Gasteiger partial charge in [-0.2, -0.15) is 0 Å². The second-order valence-electron chi connectivity index (χ2n) is 6.16. The number of benzene rings is 1. The van der Waals surface area contributed by atoms with Gasteiger partial charge in [-0.15, -0.1) is 0 Å². The third-order valence-electron chi connectivity index (χ3n) is 4.40. The van der Waals surface area contributed by atoms with Crippen molar-refractivity contribution in [2.45, 2.75) is 40.2 Å². The second kappa shape index (κ2) is 7.60. The number of amides is 1. The highest BCUT2D eigenvalue weighted by molar-refractivity contribution is 5.94. The van der Waals surface area contributed by atoms with Crippen LogP contribution in [-0.2, 0) is 6.54 Å². The zero-order chi connectivity index (χ0) is 15.2. The highest BCUT2D eigenvalue weighted by Gasteiger charge is 2.17. The number of hydrogen-bond acceptors (Lipinski definition) is 2. The minimum absolute atomic E-state index is 0.137. The van der Waals surface area contributed by atoms with Gasteiger partial charge in [0.25, 0.3) is 5.91 Å². The fraction of sp³-hybridized carbons (Fsp3) is 0.611. The summed E-state index contributed by atoms with van der Waals surface area (Å²) in [6, 6.07) is 8.17. The second-order valence-corrected chi connectivity index (χ2v) is 6.16. The van der Waals surface area contributed by atoms with Crippen molar-refractivity contribution in [3.8, 4) is 0 Å². The first-order valence-electron chi connectivity index (χ1n) is 8.24. The highest BCUT2D eigenvalue weighted by atomic mass is 16.2. The standard InChI is InChI=1S/C18H28N2O/c1-4-20(5-2)18(21)17-10-8-16(9-11-17)14-19-12-6-7-15(3)13-19/h8-11,15H,4-7,12-14H2,1-3H3/t15-/m1/s1. The van der Waals surface area contributed by atoms with Crippen LogP contribution in [0.4, 0.5) is 0 Å². The molecule has 116 valence electrons. The molecule has 1 atom stereocenters. The molecule has 21 heavy (non-hydrogen) atoms. The first-order valence-corrected chi connectivity index (χ1v) is 8.24. The van der Waals surface area contributed by atoms with Crippen LogP contribution in [0.15, 0.2) is 24.3 Å². The number of hydrogen-bond donors (Lipinski definition) is 0. The van der Waals surface area contributed by atoms with Crippen LogP contribution < -0.4 is 0 Å². The number of piperidine rings is 1. The minimum atomic E-state index is 0.137. The summed E-state index contributed by atoms with van der Waals surface area (Å²) in [6.07, 6.45) is 2.66. The molecule has 1 amide bonds. The lowest BCUT2D eigenvalue weighted by atomic mass is 9.99. The molecule has 3 heteroatoms. The van der Waals surface area contributed by atoms with Crippen LogP contribution >= 0.6 is 0 Å². The van der Waals surface area contributed by atoms with Gasteiger partial charge in [0.05, 0.1) is 0 Å². The molecule has 0 spiro atoms. The number of carbonyl (C=O) groups excluding carboxylic acids is 1. The molecule has 0 bridgehead atoms. The van der Waals surface area contributed by atoms with Crippen molar-refractivity contribution < 1.29 is 4.79 Å². The summed E-state index contributed by atoms with van der Waals surface area (Å²) >= 11 is 0. The molecule has 0 saturated carbocycles. The van der Waals surface area contributed by atoms with Crippen molar-refractivity contribution in [1.29, 1.82) is 0 Å². The van der Waals surface area contributed by atoms with Crippen molar-refractivity contribution in [1.82, 2.24) is 9.80 Å². The molecule has 0 radical (unpaired) electrons. The summed E-state index contributed by atoms with van der Waals surface area (Å²) in [4.78, 5) is 16.7. The van der Waals surface area contributed by atoms with E-state index in [1.807, 2.05) is 30.9 Å². The third-order valence-corrected chi connectivity index (χ3v) is 4.40. The maximum Gasteiger partial charge on any atom is 0.253 e. The van der Waals surface area contributed by atoms with Gasteiger partial charge in [0.15, 0.2) is 0 Å². The summed E-state index contributed by atoms with van der Waals surface area (Å²) < 4.78 is 0. The van der Waals surface area contributed by atoms with Crippen LogP contribution in [0.2, 0.25) is 0 Å². The molecule has 1 aromatic rings. The van der Waals surface area contributed by atoms with Gasteiger partial charge in [-0.3, -0.25) is 9.69 Å². The summed E-state index contributed by atoms with van der Waals surface area (Å²) in [5.41, 5.74) is 2.11. The number of carbonyl (C=O) groups is 1. The lowest BCUT2D eigenvalue weighted by Crippen LogP contribution is -2.33. The van der Waals surface area contributed by atoms with E-state index in [2.05, 4.69) is 24.0 Å². The average Bonchev–Trinajstić information content (AvgIpc) is 2.49. The van der Waals surface area contributed by atoms with Crippen molar-refractivity contribution in [2.24, 2.45) is 5.92 Å². The highest BCUT2D eigenvalue weighted by Crippen LogP contribution is 2.18. The van der Waals surface area contributed by atoms with Crippen LogP contribution in [0, 0.1) is 5.92 Å². The van der Waals surface area contributed by atoms with E-state index in [1.165, 1.54) is 31.5 Å². The maximum absolute atomic E-state index is 12.3. The van der Waals surface area contributed by atoms with Gasteiger partial charge < -0.3 is 4.90 Å². The molecular formula is C18H28N2O. The van der Waals surface area contributed by atoms with Crippen molar-refractivity contribution in [3.63, 3.8) is 0 Å². The third kappa shape index (κ3) is 4.31. The fourth-order valence-electron chi connectivity index (χ4n) is 3.13. The van der Waals surface area contributed by atoms with Crippen LogP contribution in [-0.4, -0.2) is 41.9 Å². The van der Waals surface area contributed by atoms with Crippen LogP contribution in [0.1, 0.15) is 49.5 Å². The van der Waals surface area contributed by atoms with E-state index in [0.717, 1.165) is 31.1 Å². The average molecular weight is 288 g/mol. The topological polar surface area (TPSA) is 23.6 Å². The molecule has 0 unspecified atom stereocenters. The monoisotopic (exact) mass is 288 g/mol. The zero-order valence-corrected chi connectivity index (χ0v) is 13.6. The lowest BCUT2D eigenvalue weighted by molar-refractivity contribution is 0.0773. The molecule has 1 aliphatic heterocycles. The lowest BCUT2D eigenvalue weighted by Gasteiger charge is -2.30. The Morgan fingerprint density at radius 3 is 2.48 bits per heavy atom. The summed E-state index contributed by atoms with van der Waals surface area (Å²) in [6.45, 7) is 11.3. The predicted molar refractivity (Wildman–Crippen MR) is 87.4 cm³/mol. The van der Waals surface area contributed by atoms with Gasteiger partial charge in [0, 0.05) is 31.7 Å². The van der Waals surface area contributed by atoms with Crippen LogP contribution in [0.5, 0.6) is 0 Å². The van der Waals surface area contributed by atoms with Gasteiger partial charge in [-0.1, -0.05) is 19.1 Å². The first kappa shape index (κ1) is 16.0. The number of nitrogens with zero attached hydrogens (tertiary/aromatic N) is 2. The molecule has 0 N–H and O–H groups in total. The van der Waals surface area contributed by atoms with E-state index < -0.39 is 0 Å². The van der Waals surface area contributed by atoms with Crippen molar-refractivity contribution in [3.05, 3.63) is 35.4 Å². The van der Waals surface area contributed by atoms with E-state index in [0.29, 0.717) is 0 Å². The molecule has 1 aromatic carbocycles. The first-order chi connectivity index (χ1) is 10.1. The largest absolute Gasteiger partial charge is 0.339 e. The van der Waals surface area contributed by atoms with E-state index in [9.17, 15) is 4.79 Å². The van der Waals surface area contributed by atoms with Gasteiger partial charge in [-0.05, 0) is 56.8 Å². The predicted octanol–water partition coefficient (Wildman–Crippen LogP) is 3.40. The van der Waals surface area contributed by atoms with E-state index in [4.69, 9.17) is 0 Å². The normalized spacial score (nSPS) is 19.5. The molecule has 0 aromatic heterocycles. The molecule has 1 aliphatic rings. The minimum Gasteiger partial charge on any atom is -0.339 e. The summed E-state index contributed by atoms with van der Waals surface area (Å²) in [5, 5.41) is 0. The van der Waals surface area contributed by atoms with E-state index >= 15 is 0 Å². The Hall–Kier alpha value is -1.35. The Labute approximate surface area is 128 Å². The van der Waals surface area contributed by atoms with Crippen LogP contribution in [0.3, 0.4) is 0 Å². The van der Waals surface area contributed by atoms with Gasteiger partial charge in [0.2, 0.25) is 0 Å². The molecular weight excluding hydrogens is 260 g/mol. The Morgan fingerprint density at radius 1 is 1.24 bits per heavy atom. The van der Waals surface area contributed by atoms with Crippen molar-refractivity contribution in [2.75, 3.05) is 26.2 Å². The molecule has 2 rings (SSSR count). The van der Waals surface area contributed by atoms with Gasteiger partial charge in [0.1, 0.15) is 0 Å². The number of likely N-dealkylation sites (tertiary alicyclic amines) is 1. The Balaban J connectivity index is 1.97. The van der Waals surface area contributed by atoms with Crippen LogP contribution in [0.25, 0.3) is 0 Å². The molecule has 3 nitrogen and oxygen atoms in total. The Kier molecular flexibility index (Phi) is 5.80.